The summed E-state index contributed by atoms with van der Waals surface area (Å²) in [6.07, 6.45) is 1.13. The minimum absolute atomic E-state index is 0.279. The smallest absolute Gasteiger partial charge is 0.255 e. The van der Waals surface area contributed by atoms with Crippen molar-refractivity contribution in [1.29, 1.82) is 0 Å². The van der Waals surface area contributed by atoms with E-state index in [-0.39, 0.29) is 24.4 Å². The van der Waals surface area contributed by atoms with Crippen LogP contribution in [0.5, 0.6) is 11.5 Å². The van der Waals surface area contributed by atoms with E-state index in [0.29, 0.717) is 34.9 Å². The van der Waals surface area contributed by atoms with E-state index < -0.39 is 0 Å². The third kappa shape index (κ3) is 3.23. The molecular formula is C19H16FN3O3. The van der Waals surface area contributed by atoms with Gasteiger partial charge in [-0.25, -0.2) is 4.39 Å². The Hall–Kier alpha value is -3.35. The minimum atomic E-state index is -0.380. The van der Waals surface area contributed by atoms with Crippen LogP contribution in [-0.2, 0) is 0 Å². The maximum Gasteiger partial charge on any atom is 0.255 e. The van der Waals surface area contributed by atoms with Crippen LogP contribution in [0.2, 0.25) is 0 Å². The van der Waals surface area contributed by atoms with Crippen molar-refractivity contribution < 1.29 is 18.7 Å². The van der Waals surface area contributed by atoms with Crippen LogP contribution in [0.1, 0.15) is 10.4 Å². The SMILES string of the molecule is O=C(NC[C@@H]1COc2ccccc2O1)c1cn[nH]c1-c1cccc(F)c1. The van der Waals surface area contributed by atoms with Gasteiger partial charge in [0.05, 0.1) is 24.0 Å². The second-order valence-corrected chi connectivity index (χ2v) is 5.88. The number of H-pyrrole nitrogens is 1. The monoisotopic (exact) mass is 353 g/mol. The van der Waals surface area contributed by atoms with Crippen molar-refractivity contribution >= 4 is 5.91 Å². The Bertz CT molecular complexity index is 941. The van der Waals surface area contributed by atoms with Crippen LogP contribution in [0.15, 0.2) is 54.7 Å². The van der Waals surface area contributed by atoms with E-state index in [0.717, 1.165) is 0 Å². The number of carbonyl (C=O) groups is 1. The summed E-state index contributed by atoms with van der Waals surface area (Å²) in [6, 6.07) is 13.4. The predicted octanol–water partition coefficient (Wildman–Crippen LogP) is 2.79. The van der Waals surface area contributed by atoms with Gasteiger partial charge in [0, 0.05) is 5.56 Å². The van der Waals surface area contributed by atoms with Crippen molar-refractivity contribution in [2.75, 3.05) is 13.2 Å². The number of fused-ring (bicyclic) bond motifs is 1. The first kappa shape index (κ1) is 16.1. The lowest BCUT2D eigenvalue weighted by Gasteiger charge is -2.26. The Morgan fingerprint density at radius 3 is 2.92 bits per heavy atom. The summed E-state index contributed by atoms with van der Waals surface area (Å²) in [7, 11) is 0. The molecule has 2 heterocycles. The van der Waals surface area contributed by atoms with Crippen LogP contribution in [0, 0.1) is 5.82 Å². The molecule has 26 heavy (non-hydrogen) atoms. The van der Waals surface area contributed by atoms with Crippen molar-refractivity contribution in [2.45, 2.75) is 6.10 Å². The number of carbonyl (C=O) groups excluding carboxylic acids is 1. The molecule has 4 rings (SSSR count). The molecule has 1 atom stereocenters. The Kier molecular flexibility index (Phi) is 4.27. The molecule has 0 saturated carbocycles. The lowest BCUT2D eigenvalue weighted by Crippen LogP contribution is -2.40. The molecule has 1 amide bonds. The molecule has 0 saturated heterocycles. The van der Waals surface area contributed by atoms with E-state index in [9.17, 15) is 9.18 Å². The van der Waals surface area contributed by atoms with E-state index in [4.69, 9.17) is 9.47 Å². The zero-order chi connectivity index (χ0) is 17.9. The highest BCUT2D eigenvalue weighted by Gasteiger charge is 2.22. The van der Waals surface area contributed by atoms with Crippen LogP contribution >= 0.6 is 0 Å². The number of rotatable bonds is 4. The number of amides is 1. The molecule has 0 spiro atoms. The zero-order valence-electron chi connectivity index (χ0n) is 13.7. The quantitative estimate of drug-likeness (QED) is 0.756. The largest absolute Gasteiger partial charge is 0.486 e. The number of hydrogen-bond acceptors (Lipinski definition) is 4. The number of ether oxygens (including phenoxy) is 2. The number of hydrogen-bond donors (Lipinski definition) is 2. The Balaban J connectivity index is 1.43. The predicted molar refractivity (Wildman–Crippen MR) is 92.7 cm³/mol. The van der Waals surface area contributed by atoms with Crippen LogP contribution in [0.3, 0.4) is 0 Å². The number of nitrogens with one attached hydrogen (secondary N) is 2. The van der Waals surface area contributed by atoms with Gasteiger partial charge in [0.1, 0.15) is 18.5 Å². The average molecular weight is 353 g/mol. The molecule has 0 radical (unpaired) electrons. The number of para-hydroxylation sites is 2. The van der Waals surface area contributed by atoms with Crippen molar-refractivity contribution in [3.05, 3.63) is 66.1 Å². The first-order chi connectivity index (χ1) is 12.7. The molecule has 0 fully saturated rings. The fourth-order valence-electron chi connectivity index (χ4n) is 2.79. The second kappa shape index (κ2) is 6.87. The highest BCUT2D eigenvalue weighted by atomic mass is 19.1. The van der Waals surface area contributed by atoms with Gasteiger partial charge >= 0.3 is 0 Å². The van der Waals surface area contributed by atoms with Crippen LogP contribution in [-0.4, -0.2) is 35.4 Å². The summed E-state index contributed by atoms with van der Waals surface area (Å²) < 4.78 is 24.9. The first-order valence-corrected chi connectivity index (χ1v) is 8.16. The van der Waals surface area contributed by atoms with Crippen molar-refractivity contribution in [2.24, 2.45) is 0 Å². The molecule has 1 aliphatic rings. The second-order valence-electron chi connectivity index (χ2n) is 5.88. The molecule has 7 heteroatoms. The van der Waals surface area contributed by atoms with Crippen LogP contribution in [0.25, 0.3) is 11.3 Å². The average Bonchev–Trinajstić information content (AvgIpc) is 3.16. The lowest BCUT2D eigenvalue weighted by atomic mass is 10.1. The number of aromatic nitrogens is 2. The van der Waals surface area contributed by atoms with E-state index in [2.05, 4.69) is 15.5 Å². The zero-order valence-corrected chi connectivity index (χ0v) is 13.7. The molecule has 1 aliphatic heterocycles. The van der Waals surface area contributed by atoms with Gasteiger partial charge in [0.15, 0.2) is 11.5 Å². The Morgan fingerprint density at radius 1 is 1.23 bits per heavy atom. The molecule has 2 N–H and O–H groups in total. The van der Waals surface area contributed by atoms with Gasteiger partial charge in [-0.1, -0.05) is 24.3 Å². The topological polar surface area (TPSA) is 76.2 Å². The van der Waals surface area contributed by atoms with E-state index in [1.165, 1.54) is 18.3 Å². The molecule has 132 valence electrons. The van der Waals surface area contributed by atoms with Crippen molar-refractivity contribution in [3.8, 4) is 22.8 Å². The van der Waals surface area contributed by atoms with Crippen LogP contribution < -0.4 is 14.8 Å². The maximum atomic E-state index is 13.4. The van der Waals surface area contributed by atoms with Gasteiger partial charge in [-0.05, 0) is 24.3 Å². The van der Waals surface area contributed by atoms with Gasteiger partial charge in [-0.3, -0.25) is 9.89 Å². The van der Waals surface area contributed by atoms with E-state index in [1.807, 2.05) is 24.3 Å². The highest BCUT2D eigenvalue weighted by Crippen LogP contribution is 2.30. The molecule has 2 aromatic carbocycles. The van der Waals surface area contributed by atoms with Crippen molar-refractivity contribution in [3.63, 3.8) is 0 Å². The van der Waals surface area contributed by atoms with Gasteiger partial charge < -0.3 is 14.8 Å². The Labute approximate surface area is 149 Å². The fourth-order valence-corrected chi connectivity index (χ4v) is 2.79. The minimum Gasteiger partial charge on any atom is -0.486 e. The molecule has 6 nitrogen and oxygen atoms in total. The van der Waals surface area contributed by atoms with E-state index >= 15 is 0 Å². The summed E-state index contributed by atoms with van der Waals surface area (Å²) in [4.78, 5) is 12.5. The first-order valence-electron chi connectivity index (χ1n) is 8.16. The van der Waals surface area contributed by atoms with Gasteiger partial charge in [0.2, 0.25) is 0 Å². The molecule has 0 aliphatic carbocycles. The number of aromatic amines is 1. The normalized spacial score (nSPS) is 15.5. The third-order valence-corrected chi connectivity index (χ3v) is 4.06. The summed E-state index contributed by atoms with van der Waals surface area (Å²) in [5.41, 5.74) is 1.36. The summed E-state index contributed by atoms with van der Waals surface area (Å²) in [6.45, 7) is 0.625. The molecular weight excluding hydrogens is 337 g/mol. The maximum absolute atomic E-state index is 13.4. The lowest BCUT2D eigenvalue weighted by molar-refractivity contribution is 0.0789. The third-order valence-electron chi connectivity index (χ3n) is 4.06. The molecule has 1 aromatic heterocycles. The summed E-state index contributed by atoms with van der Waals surface area (Å²) >= 11 is 0. The molecule has 3 aromatic rings. The number of halogens is 1. The standard InChI is InChI=1S/C19H16FN3O3/c20-13-5-3-4-12(8-13)18-15(10-22-23-18)19(24)21-9-14-11-25-16-6-1-2-7-17(16)26-14/h1-8,10,14H,9,11H2,(H,21,24)(H,22,23)/t14-/m1/s1. The number of benzene rings is 2. The fraction of sp³-hybridized carbons (Fsp3) is 0.158. The summed E-state index contributed by atoms with van der Waals surface area (Å²) in [5, 5.41) is 9.47. The Morgan fingerprint density at radius 2 is 2.08 bits per heavy atom. The molecule has 0 bridgehead atoms. The molecule has 0 unspecified atom stereocenters. The van der Waals surface area contributed by atoms with E-state index in [1.54, 1.807) is 12.1 Å². The van der Waals surface area contributed by atoms with Crippen LogP contribution in [0.4, 0.5) is 4.39 Å². The number of nitrogens with zero attached hydrogens (tertiary/aromatic N) is 1. The summed E-state index contributed by atoms with van der Waals surface area (Å²) in [5.74, 6) is 0.649. The van der Waals surface area contributed by atoms with Gasteiger partial charge in [0.25, 0.3) is 5.91 Å². The highest BCUT2D eigenvalue weighted by molar-refractivity contribution is 5.99. The van der Waals surface area contributed by atoms with Crippen molar-refractivity contribution in [1.82, 2.24) is 15.5 Å². The van der Waals surface area contributed by atoms with Gasteiger partial charge in [-0.2, -0.15) is 5.10 Å². The van der Waals surface area contributed by atoms with Gasteiger partial charge in [-0.15, -0.1) is 0 Å².